The molecule has 1 saturated carbocycles. The third kappa shape index (κ3) is 4.19. The van der Waals surface area contributed by atoms with E-state index >= 15 is 0 Å². The van der Waals surface area contributed by atoms with Gasteiger partial charge in [-0.15, -0.1) is 0 Å². The molecule has 1 heterocycles. The standard InChI is InChI=1S/C19H28FN3O2S/c1-21-18(23-13-11-19(15-23)9-5-2-6-10-19)22-12-14-26(24,25)17-8-4-3-7-16(17)20/h3-4,7-8H,2,5-6,9-15H2,1H3,(H,21,22). The largest absolute Gasteiger partial charge is 0.355 e. The van der Waals surface area contributed by atoms with E-state index < -0.39 is 15.7 Å². The summed E-state index contributed by atoms with van der Waals surface area (Å²) in [6.07, 6.45) is 7.69. The molecule has 144 valence electrons. The molecule has 0 aromatic heterocycles. The van der Waals surface area contributed by atoms with Gasteiger partial charge in [0.15, 0.2) is 15.8 Å². The Morgan fingerprint density at radius 3 is 2.65 bits per heavy atom. The zero-order chi connectivity index (χ0) is 18.6. The molecule has 1 spiro atoms. The molecule has 3 rings (SSSR count). The van der Waals surface area contributed by atoms with Crippen molar-refractivity contribution in [1.29, 1.82) is 0 Å². The van der Waals surface area contributed by atoms with E-state index in [-0.39, 0.29) is 17.2 Å². The van der Waals surface area contributed by atoms with E-state index in [2.05, 4.69) is 15.2 Å². The van der Waals surface area contributed by atoms with Crippen molar-refractivity contribution >= 4 is 15.8 Å². The molecule has 7 heteroatoms. The monoisotopic (exact) mass is 381 g/mol. The summed E-state index contributed by atoms with van der Waals surface area (Å²) in [5.74, 6) is -0.113. The number of nitrogens with one attached hydrogen (secondary N) is 1. The summed E-state index contributed by atoms with van der Waals surface area (Å²) in [5.41, 5.74) is 0.412. The molecule has 0 radical (unpaired) electrons. The lowest BCUT2D eigenvalue weighted by atomic mass is 9.73. The number of rotatable bonds is 4. The Morgan fingerprint density at radius 2 is 1.96 bits per heavy atom. The summed E-state index contributed by atoms with van der Waals surface area (Å²) in [5, 5.41) is 3.15. The highest BCUT2D eigenvalue weighted by atomic mass is 32.2. The maximum absolute atomic E-state index is 13.8. The minimum absolute atomic E-state index is 0.161. The van der Waals surface area contributed by atoms with Crippen LogP contribution < -0.4 is 5.32 Å². The molecular formula is C19H28FN3O2S. The highest BCUT2D eigenvalue weighted by Gasteiger charge is 2.39. The van der Waals surface area contributed by atoms with Crippen LogP contribution in [0.2, 0.25) is 0 Å². The third-order valence-corrected chi connectivity index (χ3v) is 7.43. The van der Waals surface area contributed by atoms with Gasteiger partial charge in [0.05, 0.1) is 5.75 Å². The van der Waals surface area contributed by atoms with Gasteiger partial charge < -0.3 is 10.2 Å². The number of guanidine groups is 1. The lowest BCUT2D eigenvalue weighted by molar-refractivity contribution is 0.203. The van der Waals surface area contributed by atoms with Crippen LogP contribution in [0.4, 0.5) is 4.39 Å². The number of nitrogens with zero attached hydrogens (tertiary/aromatic N) is 2. The summed E-state index contributed by atoms with van der Waals surface area (Å²) in [4.78, 5) is 6.32. The van der Waals surface area contributed by atoms with Gasteiger partial charge >= 0.3 is 0 Å². The SMILES string of the molecule is CN=C(NCCS(=O)(=O)c1ccccc1F)N1CCC2(CCCCC2)C1. The molecule has 0 unspecified atom stereocenters. The normalized spacial score (nSPS) is 20.5. The fourth-order valence-electron chi connectivity index (χ4n) is 4.26. The Labute approximate surface area is 155 Å². The molecule has 1 aliphatic carbocycles. The highest BCUT2D eigenvalue weighted by molar-refractivity contribution is 7.91. The van der Waals surface area contributed by atoms with Crippen molar-refractivity contribution in [2.45, 2.75) is 43.4 Å². The van der Waals surface area contributed by atoms with Gasteiger partial charge in [-0.05, 0) is 36.8 Å². The van der Waals surface area contributed by atoms with Crippen LogP contribution in [-0.2, 0) is 9.84 Å². The topological polar surface area (TPSA) is 61.8 Å². The van der Waals surface area contributed by atoms with Gasteiger partial charge in [0.25, 0.3) is 0 Å². The van der Waals surface area contributed by atoms with Gasteiger partial charge in [-0.25, -0.2) is 12.8 Å². The smallest absolute Gasteiger partial charge is 0.193 e. The van der Waals surface area contributed by atoms with E-state index in [1.54, 1.807) is 7.05 Å². The zero-order valence-electron chi connectivity index (χ0n) is 15.4. The molecule has 0 amide bonds. The van der Waals surface area contributed by atoms with Crippen LogP contribution in [0.5, 0.6) is 0 Å². The van der Waals surface area contributed by atoms with Gasteiger partial charge in [-0.2, -0.15) is 0 Å². The van der Waals surface area contributed by atoms with E-state index in [1.165, 1.54) is 62.8 Å². The first-order valence-electron chi connectivity index (χ1n) is 9.39. The van der Waals surface area contributed by atoms with Gasteiger partial charge in [0.2, 0.25) is 0 Å². The molecular weight excluding hydrogens is 353 g/mol. The van der Waals surface area contributed by atoms with E-state index in [9.17, 15) is 12.8 Å². The summed E-state index contributed by atoms with van der Waals surface area (Å²) in [7, 11) is -1.93. The first-order valence-corrected chi connectivity index (χ1v) is 11.0. The Bertz CT molecular complexity index is 758. The van der Waals surface area contributed by atoms with Crippen molar-refractivity contribution in [1.82, 2.24) is 10.2 Å². The minimum atomic E-state index is -3.66. The van der Waals surface area contributed by atoms with Crippen LogP contribution in [-0.4, -0.2) is 51.7 Å². The lowest BCUT2D eigenvalue weighted by Gasteiger charge is -2.33. The second-order valence-electron chi connectivity index (χ2n) is 7.46. The quantitative estimate of drug-likeness (QED) is 0.644. The Morgan fingerprint density at radius 1 is 1.23 bits per heavy atom. The Balaban J connectivity index is 1.56. The summed E-state index contributed by atoms with van der Waals surface area (Å²) in [6.45, 7) is 2.17. The van der Waals surface area contributed by atoms with Gasteiger partial charge in [-0.3, -0.25) is 4.99 Å². The van der Waals surface area contributed by atoms with Crippen LogP contribution in [0.15, 0.2) is 34.2 Å². The second-order valence-corrected chi connectivity index (χ2v) is 9.53. The fraction of sp³-hybridized carbons (Fsp3) is 0.632. The van der Waals surface area contributed by atoms with Crippen molar-refractivity contribution < 1.29 is 12.8 Å². The van der Waals surface area contributed by atoms with E-state index in [1.807, 2.05) is 0 Å². The predicted molar refractivity (Wildman–Crippen MR) is 102 cm³/mol. The lowest BCUT2D eigenvalue weighted by Crippen LogP contribution is -2.43. The number of sulfone groups is 1. The van der Waals surface area contributed by atoms with Crippen molar-refractivity contribution in [3.05, 3.63) is 30.1 Å². The van der Waals surface area contributed by atoms with E-state index in [0.717, 1.165) is 19.0 Å². The molecule has 1 N–H and O–H groups in total. The molecule has 26 heavy (non-hydrogen) atoms. The molecule has 2 aliphatic rings. The fourth-order valence-corrected chi connectivity index (χ4v) is 5.50. The summed E-state index contributed by atoms with van der Waals surface area (Å²) in [6, 6.07) is 5.51. The van der Waals surface area contributed by atoms with Crippen molar-refractivity contribution in [3.8, 4) is 0 Å². The zero-order valence-corrected chi connectivity index (χ0v) is 16.2. The number of benzene rings is 1. The summed E-state index contributed by atoms with van der Waals surface area (Å²) < 4.78 is 38.5. The molecule has 5 nitrogen and oxygen atoms in total. The van der Waals surface area contributed by atoms with Crippen LogP contribution in [0.1, 0.15) is 38.5 Å². The number of aliphatic imine (C=N–C) groups is 1. The Hall–Kier alpha value is -1.63. The summed E-state index contributed by atoms with van der Waals surface area (Å²) >= 11 is 0. The molecule has 2 fully saturated rings. The van der Waals surface area contributed by atoms with Crippen molar-refractivity contribution in [2.24, 2.45) is 10.4 Å². The van der Waals surface area contributed by atoms with Gasteiger partial charge in [-0.1, -0.05) is 31.4 Å². The van der Waals surface area contributed by atoms with Crippen LogP contribution in [0, 0.1) is 11.2 Å². The minimum Gasteiger partial charge on any atom is -0.355 e. The predicted octanol–water partition coefficient (Wildman–Crippen LogP) is 2.83. The maximum atomic E-state index is 13.8. The average molecular weight is 382 g/mol. The van der Waals surface area contributed by atoms with Crippen molar-refractivity contribution in [3.63, 3.8) is 0 Å². The van der Waals surface area contributed by atoms with Crippen LogP contribution in [0.25, 0.3) is 0 Å². The first-order chi connectivity index (χ1) is 12.5. The van der Waals surface area contributed by atoms with Gasteiger partial charge in [0, 0.05) is 26.7 Å². The maximum Gasteiger partial charge on any atom is 0.193 e. The highest BCUT2D eigenvalue weighted by Crippen LogP contribution is 2.43. The number of hydrogen-bond donors (Lipinski definition) is 1. The van der Waals surface area contributed by atoms with E-state index in [4.69, 9.17) is 0 Å². The molecule has 0 atom stereocenters. The van der Waals surface area contributed by atoms with E-state index in [0.29, 0.717) is 5.41 Å². The third-order valence-electron chi connectivity index (χ3n) is 5.69. The van der Waals surface area contributed by atoms with Crippen LogP contribution >= 0.6 is 0 Å². The number of hydrogen-bond acceptors (Lipinski definition) is 3. The first kappa shape index (κ1) is 19.1. The average Bonchev–Trinajstić information content (AvgIpc) is 3.02. The Kier molecular flexibility index (Phi) is 5.85. The number of halogens is 1. The molecule has 0 bridgehead atoms. The number of likely N-dealkylation sites (tertiary alicyclic amines) is 1. The van der Waals surface area contributed by atoms with Crippen molar-refractivity contribution in [2.75, 3.05) is 32.4 Å². The molecule has 1 aromatic rings. The second kappa shape index (κ2) is 7.94. The van der Waals surface area contributed by atoms with Gasteiger partial charge in [0.1, 0.15) is 10.7 Å². The molecule has 1 aliphatic heterocycles. The molecule has 1 saturated heterocycles. The molecule has 1 aromatic carbocycles. The van der Waals surface area contributed by atoms with Crippen LogP contribution in [0.3, 0.4) is 0 Å².